The number of rotatable bonds is 5. The highest BCUT2D eigenvalue weighted by atomic mass is 19.1. The van der Waals surface area contributed by atoms with E-state index in [1.807, 2.05) is 30.5 Å². The van der Waals surface area contributed by atoms with Gasteiger partial charge in [-0.05, 0) is 79.8 Å². The van der Waals surface area contributed by atoms with E-state index in [1.165, 1.54) is 24.7 Å². The highest BCUT2D eigenvalue weighted by molar-refractivity contribution is 5.85. The molecule has 4 aromatic rings. The zero-order chi connectivity index (χ0) is 23.5. The van der Waals surface area contributed by atoms with E-state index in [0.717, 1.165) is 48.0 Å². The summed E-state index contributed by atoms with van der Waals surface area (Å²) in [6.07, 6.45) is 7.30. The Labute approximate surface area is 197 Å². The number of piperidine rings is 1. The topological polar surface area (TPSA) is 74.4 Å². The summed E-state index contributed by atoms with van der Waals surface area (Å²) >= 11 is 0. The lowest BCUT2D eigenvalue weighted by molar-refractivity contribution is 0.0961. The Morgan fingerprint density at radius 1 is 1.15 bits per heavy atom. The summed E-state index contributed by atoms with van der Waals surface area (Å²) in [5, 5.41) is 1.09. The first-order valence-corrected chi connectivity index (χ1v) is 11.4. The molecule has 1 fully saturated rings. The van der Waals surface area contributed by atoms with Crippen LogP contribution < -0.4 is 4.74 Å². The highest BCUT2D eigenvalue weighted by Gasteiger charge is 2.29. The van der Waals surface area contributed by atoms with Gasteiger partial charge in [-0.3, -0.25) is 4.98 Å². The zero-order valence-electron chi connectivity index (χ0n) is 18.9. The molecule has 1 N–H and O–H groups in total. The summed E-state index contributed by atoms with van der Waals surface area (Å²) in [4.78, 5) is 28.2. The molecule has 0 saturated carbocycles. The van der Waals surface area contributed by atoms with Crippen molar-refractivity contribution in [2.75, 3.05) is 20.1 Å². The van der Waals surface area contributed by atoms with Crippen molar-refractivity contribution < 1.29 is 13.9 Å². The molecule has 8 heteroatoms. The number of amides is 1. The summed E-state index contributed by atoms with van der Waals surface area (Å²) in [5.74, 6) is -0.226. The molecule has 0 aliphatic carbocycles. The lowest BCUT2D eigenvalue weighted by Crippen LogP contribution is -2.47. The molecule has 3 heterocycles. The van der Waals surface area contributed by atoms with Crippen molar-refractivity contribution in [1.82, 2.24) is 24.8 Å². The lowest BCUT2D eigenvalue weighted by Gasteiger charge is -2.36. The van der Waals surface area contributed by atoms with E-state index in [1.54, 1.807) is 11.0 Å². The summed E-state index contributed by atoms with van der Waals surface area (Å²) in [6.45, 7) is 1.83. The molecule has 34 heavy (non-hydrogen) atoms. The molecule has 2 aromatic carbocycles. The Balaban J connectivity index is 1.43. The van der Waals surface area contributed by atoms with Crippen molar-refractivity contribution in [2.24, 2.45) is 0 Å². The van der Waals surface area contributed by atoms with Crippen molar-refractivity contribution in [3.05, 3.63) is 78.6 Å². The molecule has 2 aromatic heterocycles. The minimum Gasteiger partial charge on any atom is -0.389 e. The molecule has 174 valence electrons. The standard InChI is InChI=1S/C26H26FN5O2/c1-31-12-7-22(8-13-31)32(26(33)34-25-16-28-10-11-30-25)17-21-15-18(2-4-23(21)27)19-3-5-24-20(14-19)6-9-29-24/h2-6,9-11,14-16,22,29H,7-8,12-13,17H2,1H3. The number of fused-ring (bicyclic) bond motifs is 1. The van der Waals surface area contributed by atoms with E-state index in [-0.39, 0.29) is 24.3 Å². The van der Waals surface area contributed by atoms with Crippen molar-refractivity contribution in [1.29, 1.82) is 0 Å². The van der Waals surface area contributed by atoms with Crippen molar-refractivity contribution in [3.8, 4) is 17.0 Å². The van der Waals surface area contributed by atoms with Gasteiger partial charge in [-0.2, -0.15) is 0 Å². The van der Waals surface area contributed by atoms with Crippen LogP contribution in [0.15, 0.2) is 67.3 Å². The first-order chi connectivity index (χ1) is 16.6. The molecule has 0 radical (unpaired) electrons. The highest BCUT2D eigenvalue weighted by Crippen LogP contribution is 2.28. The largest absolute Gasteiger partial charge is 0.417 e. The molecular formula is C26H26FN5O2. The Kier molecular flexibility index (Phi) is 6.22. The van der Waals surface area contributed by atoms with Crippen LogP contribution >= 0.6 is 0 Å². The first-order valence-electron chi connectivity index (χ1n) is 11.4. The van der Waals surface area contributed by atoms with Gasteiger partial charge in [0, 0.05) is 35.7 Å². The number of hydrogen-bond donors (Lipinski definition) is 1. The van der Waals surface area contributed by atoms with E-state index < -0.39 is 6.09 Å². The number of benzene rings is 2. The average molecular weight is 460 g/mol. The Morgan fingerprint density at radius 2 is 1.94 bits per heavy atom. The quantitative estimate of drug-likeness (QED) is 0.461. The molecule has 0 bridgehead atoms. The Hall–Kier alpha value is -3.78. The predicted molar refractivity (Wildman–Crippen MR) is 128 cm³/mol. The molecule has 5 rings (SSSR count). The minimum atomic E-state index is -0.548. The molecule has 1 aliphatic rings. The fourth-order valence-corrected chi connectivity index (χ4v) is 4.43. The van der Waals surface area contributed by atoms with Crippen molar-refractivity contribution in [2.45, 2.75) is 25.4 Å². The number of aromatic amines is 1. The summed E-state index contributed by atoms with van der Waals surface area (Å²) in [7, 11) is 2.06. The van der Waals surface area contributed by atoms with E-state index in [9.17, 15) is 9.18 Å². The second-order valence-corrected chi connectivity index (χ2v) is 8.66. The molecule has 1 aliphatic heterocycles. The van der Waals surface area contributed by atoms with E-state index in [2.05, 4.69) is 33.0 Å². The van der Waals surface area contributed by atoms with Crippen molar-refractivity contribution >= 4 is 17.0 Å². The number of carbonyl (C=O) groups is 1. The maximum atomic E-state index is 15.0. The van der Waals surface area contributed by atoms with Crippen LogP contribution in [0.2, 0.25) is 0 Å². The van der Waals surface area contributed by atoms with Gasteiger partial charge in [0.15, 0.2) is 0 Å². The van der Waals surface area contributed by atoms with Crippen LogP contribution in [0, 0.1) is 5.82 Å². The van der Waals surface area contributed by atoms with Crippen LogP contribution in [0.3, 0.4) is 0 Å². The third kappa shape index (κ3) is 4.77. The van der Waals surface area contributed by atoms with Crippen LogP contribution in [0.25, 0.3) is 22.0 Å². The molecule has 1 amide bonds. The monoisotopic (exact) mass is 459 g/mol. The number of aromatic nitrogens is 3. The molecule has 1 saturated heterocycles. The SMILES string of the molecule is CN1CCC(N(Cc2cc(-c3ccc4[nH]ccc4c3)ccc2F)C(=O)Oc2cnccn2)CC1. The lowest BCUT2D eigenvalue weighted by atomic mass is 9.99. The average Bonchev–Trinajstić information content (AvgIpc) is 3.33. The zero-order valence-corrected chi connectivity index (χ0v) is 18.9. The van der Waals surface area contributed by atoms with Gasteiger partial charge < -0.3 is 19.5 Å². The summed E-state index contributed by atoms with van der Waals surface area (Å²) < 4.78 is 20.5. The van der Waals surface area contributed by atoms with Crippen LogP contribution in [-0.4, -0.2) is 57.0 Å². The molecular weight excluding hydrogens is 433 g/mol. The van der Waals surface area contributed by atoms with Gasteiger partial charge in [0.1, 0.15) is 5.82 Å². The number of likely N-dealkylation sites (tertiary alicyclic amines) is 1. The number of nitrogens with zero attached hydrogens (tertiary/aromatic N) is 4. The molecule has 0 atom stereocenters. The van der Waals surface area contributed by atoms with Gasteiger partial charge in [0.05, 0.1) is 12.7 Å². The number of hydrogen-bond acceptors (Lipinski definition) is 5. The number of carbonyl (C=O) groups excluding carboxylic acids is 1. The minimum absolute atomic E-state index is 0.0559. The fourth-order valence-electron chi connectivity index (χ4n) is 4.43. The maximum absolute atomic E-state index is 15.0. The Morgan fingerprint density at radius 3 is 2.74 bits per heavy atom. The molecule has 0 spiro atoms. The van der Waals surface area contributed by atoms with Gasteiger partial charge in [0.25, 0.3) is 0 Å². The second-order valence-electron chi connectivity index (χ2n) is 8.66. The van der Waals surface area contributed by atoms with Crippen molar-refractivity contribution in [3.63, 3.8) is 0 Å². The van der Waals surface area contributed by atoms with E-state index in [0.29, 0.717) is 5.56 Å². The van der Waals surface area contributed by atoms with Gasteiger partial charge in [0.2, 0.25) is 5.88 Å². The number of halogens is 1. The normalized spacial score (nSPS) is 14.9. The van der Waals surface area contributed by atoms with Gasteiger partial charge in [-0.1, -0.05) is 12.1 Å². The number of nitrogens with one attached hydrogen (secondary N) is 1. The number of ether oxygens (including phenoxy) is 1. The van der Waals surface area contributed by atoms with Crippen LogP contribution in [0.1, 0.15) is 18.4 Å². The smallest absolute Gasteiger partial charge is 0.389 e. The van der Waals surface area contributed by atoms with Gasteiger partial charge in [-0.15, -0.1) is 0 Å². The summed E-state index contributed by atoms with van der Waals surface area (Å²) in [6, 6.07) is 13.1. The third-order valence-corrected chi connectivity index (χ3v) is 6.37. The predicted octanol–water partition coefficient (Wildman–Crippen LogP) is 4.86. The van der Waals surface area contributed by atoms with Gasteiger partial charge >= 0.3 is 6.09 Å². The summed E-state index contributed by atoms with van der Waals surface area (Å²) in [5.41, 5.74) is 3.37. The molecule has 0 unspecified atom stereocenters. The fraction of sp³-hybridized carbons (Fsp3) is 0.269. The van der Waals surface area contributed by atoms with E-state index in [4.69, 9.17) is 4.74 Å². The van der Waals surface area contributed by atoms with Crippen LogP contribution in [-0.2, 0) is 6.54 Å². The third-order valence-electron chi connectivity index (χ3n) is 6.37. The Bertz CT molecular complexity index is 1280. The maximum Gasteiger partial charge on any atom is 0.417 e. The first kappa shape index (κ1) is 22.0. The van der Waals surface area contributed by atoms with Crippen LogP contribution in [0.5, 0.6) is 5.88 Å². The van der Waals surface area contributed by atoms with Gasteiger partial charge in [-0.25, -0.2) is 14.2 Å². The van der Waals surface area contributed by atoms with E-state index >= 15 is 0 Å². The second kappa shape index (κ2) is 9.61. The van der Waals surface area contributed by atoms with Crippen LogP contribution in [0.4, 0.5) is 9.18 Å². The molecule has 7 nitrogen and oxygen atoms in total. The number of H-pyrrole nitrogens is 1.